The minimum Gasteiger partial charge on any atom is -0.492 e. The molecule has 3 aromatic rings. The first-order chi connectivity index (χ1) is 13.8. The lowest BCUT2D eigenvalue weighted by Crippen LogP contribution is -2.49. The van der Waals surface area contributed by atoms with Gasteiger partial charge in [0, 0.05) is 45.1 Å². The lowest BCUT2D eigenvalue weighted by molar-refractivity contribution is 0.0588. The molecule has 7 heteroatoms. The molecule has 0 radical (unpaired) electrons. The molecule has 28 heavy (non-hydrogen) atoms. The second-order valence-electron chi connectivity index (χ2n) is 6.80. The van der Waals surface area contributed by atoms with E-state index in [1.54, 1.807) is 18.6 Å². The highest BCUT2D eigenvalue weighted by Gasteiger charge is 2.24. The lowest BCUT2D eigenvalue weighted by Gasteiger charge is -2.34. The van der Waals surface area contributed by atoms with Crippen molar-refractivity contribution in [2.75, 3.05) is 39.3 Å². The van der Waals surface area contributed by atoms with E-state index in [2.05, 4.69) is 9.88 Å². The van der Waals surface area contributed by atoms with Crippen LogP contribution in [0.4, 0.5) is 0 Å². The minimum atomic E-state index is -0.0444. The summed E-state index contributed by atoms with van der Waals surface area (Å²) in [5, 5.41) is 0. The lowest BCUT2D eigenvalue weighted by atomic mass is 10.3. The summed E-state index contributed by atoms with van der Waals surface area (Å²) in [6, 6.07) is 13.4. The molecule has 2 aromatic heterocycles. The van der Waals surface area contributed by atoms with Crippen LogP contribution >= 0.6 is 0 Å². The molecule has 1 amide bonds. The number of aromatic nitrogens is 2. The zero-order valence-electron chi connectivity index (χ0n) is 15.7. The first-order valence-electron chi connectivity index (χ1n) is 9.52. The highest BCUT2D eigenvalue weighted by atomic mass is 16.5. The molecular weight excluding hydrogens is 356 g/mol. The Labute approximate surface area is 164 Å². The largest absolute Gasteiger partial charge is 0.492 e. The summed E-state index contributed by atoms with van der Waals surface area (Å²) in [6.07, 6.45) is 5.31. The van der Waals surface area contributed by atoms with Crippen molar-refractivity contribution < 1.29 is 13.9 Å². The number of hydrogen-bond donors (Lipinski definition) is 0. The zero-order chi connectivity index (χ0) is 19.2. The van der Waals surface area contributed by atoms with E-state index in [1.165, 1.54) is 0 Å². The number of imidazole rings is 1. The number of carbonyl (C=O) groups excluding carboxylic acids is 1. The van der Waals surface area contributed by atoms with Crippen molar-refractivity contribution in [1.29, 1.82) is 0 Å². The number of carbonyl (C=O) groups is 1. The molecule has 1 aliphatic rings. The first kappa shape index (κ1) is 18.3. The Kier molecular flexibility index (Phi) is 5.72. The van der Waals surface area contributed by atoms with Crippen molar-refractivity contribution in [2.45, 2.75) is 6.54 Å². The molecule has 0 bridgehead atoms. The predicted octanol–water partition coefficient (Wildman–Crippen LogP) is 2.36. The molecule has 0 saturated carbocycles. The van der Waals surface area contributed by atoms with Crippen LogP contribution in [-0.2, 0) is 6.54 Å². The molecule has 146 valence electrons. The summed E-state index contributed by atoms with van der Waals surface area (Å²) in [4.78, 5) is 20.9. The fourth-order valence-electron chi connectivity index (χ4n) is 3.28. The molecule has 1 saturated heterocycles. The zero-order valence-corrected chi connectivity index (χ0v) is 15.7. The second kappa shape index (κ2) is 8.75. The van der Waals surface area contributed by atoms with E-state index in [9.17, 15) is 4.79 Å². The number of nitrogens with zero attached hydrogens (tertiary/aromatic N) is 4. The number of ether oxygens (including phenoxy) is 1. The third kappa shape index (κ3) is 4.61. The normalized spacial score (nSPS) is 14.9. The minimum absolute atomic E-state index is 0.0444. The molecule has 0 atom stereocenters. The van der Waals surface area contributed by atoms with Gasteiger partial charge in [-0.2, -0.15) is 0 Å². The summed E-state index contributed by atoms with van der Waals surface area (Å²) < 4.78 is 13.4. The van der Waals surface area contributed by atoms with Crippen LogP contribution in [0.2, 0.25) is 0 Å². The van der Waals surface area contributed by atoms with E-state index >= 15 is 0 Å². The van der Waals surface area contributed by atoms with Crippen LogP contribution in [0.25, 0.3) is 0 Å². The smallest absolute Gasteiger partial charge is 0.289 e. The fraction of sp³-hybridized carbons (Fsp3) is 0.333. The van der Waals surface area contributed by atoms with E-state index in [0.29, 0.717) is 32.0 Å². The van der Waals surface area contributed by atoms with Gasteiger partial charge in [-0.25, -0.2) is 4.98 Å². The number of furan rings is 1. The van der Waals surface area contributed by atoms with E-state index in [4.69, 9.17) is 9.15 Å². The van der Waals surface area contributed by atoms with Crippen LogP contribution in [0, 0.1) is 0 Å². The van der Waals surface area contributed by atoms with Gasteiger partial charge in [-0.3, -0.25) is 9.69 Å². The monoisotopic (exact) mass is 380 g/mol. The summed E-state index contributed by atoms with van der Waals surface area (Å²) >= 11 is 0. The van der Waals surface area contributed by atoms with Gasteiger partial charge in [0.15, 0.2) is 5.76 Å². The Hall–Kier alpha value is -3.06. The first-order valence-corrected chi connectivity index (χ1v) is 9.52. The Morgan fingerprint density at radius 1 is 1.07 bits per heavy atom. The van der Waals surface area contributed by atoms with Gasteiger partial charge in [0.2, 0.25) is 0 Å². The van der Waals surface area contributed by atoms with Crippen molar-refractivity contribution in [3.8, 4) is 5.75 Å². The molecule has 0 spiro atoms. The second-order valence-corrected chi connectivity index (χ2v) is 6.80. The van der Waals surface area contributed by atoms with Gasteiger partial charge in [-0.15, -0.1) is 0 Å². The average molecular weight is 380 g/mol. The molecule has 4 rings (SSSR count). The number of rotatable bonds is 7. The van der Waals surface area contributed by atoms with Crippen molar-refractivity contribution >= 4 is 5.91 Å². The van der Waals surface area contributed by atoms with E-state index in [1.807, 2.05) is 52.1 Å². The SMILES string of the molecule is O=C(c1ccc(Cn2ccnc2)o1)N1CCN(CCOc2ccccc2)CC1. The van der Waals surface area contributed by atoms with Crippen molar-refractivity contribution in [1.82, 2.24) is 19.4 Å². The number of amides is 1. The van der Waals surface area contributed by atoms with Gasteiger partial charge < -0.3 is 18.6 Å². The maximum absolute atomic E-state index is 12.7. The molecule has 0 N–H and O–H groups in total. The van der Waals surface area contributed by atoms with Gasteiger partial charge in [0.25, 0.3) is 5.91 Å². The van der Waals surface area contributed by atoms with Crippen LogP contribution in [0.1, 0.15) is 16.3 Å². The Balaban J connectivity index is 1.22. The summed E-state index contributed by atoms with van der Waals surface area (Å²) in [5.41, 5.74) is 0. The Morgan fingerprint density at radius 3 is 2.64 bits per heavy atom. The molecule has 1 fully saturated rings. The van der Waals surface area contributed by atoms with Gasteiger partial charge in [0.1, 0.15) is 18.1 Å². The Morgan fingerprint density at radius 2 is 1.89 bits per heavy atom. The number of piperazine rings is 1. The molecule has 0 aliphatic carbocycles. The predicted molar refractivity (Wildman–Crippen MR) is 104 cm³/mol. The molecule has 3 heterocycles. The Bertz CT molecular complexity index is 868. The summed E-state index contributed by atoms with van der Waals surface area (Å²) in [5.74, 6) is 1.99. The highest BCUT2D eigenvalue weighted by Crippen LogP contribution is 2.14. The van der Waals surface area contributed by atoms with Crippen molar-refractivity contribution in [3.05, 3.63) is 72.7 Å². The van der Waals surface area contributed by atoms with E-state index in [0.717, 1.165) is 31.1 Å². The van der Waals surface area contributed by atoms with Gasteiger partial charge in [0.05, 0.1) is 12.9 Å². The number of benzene rings is 1. The molecule has 7 nitrogen and oxygen atoms in total. The van der Waals surface area contributed by atoms with Gasteiger partial charge >= 0.3 is 0 Å². The van der Waals surface area contributed by atoms with E-state index in [-0.39, 0.29) is 5.91 Å². The van der Waals surface area contributed by atoms with Crippen molar-refractivity contribution in [2.24, 2.45) is 0 Å². The van der Waals surface area contributed by atoms with Gasteiger partial charge in [-0.1, -0.05) is 18.2 Å². The molecule has 1 aromatic carbocycles. The molecular formula is C21H24N4O3. The van der Waals surface area contributed by atoms with E-state index < -0.39 is 0 Å². The third-order valence-electron chi connectivity index (χ3n) is 4.85. The fourth-order valence-corrected chi connectivity index (χ4v) is 3.28. The maximum atomic E-state index is 12.7. The van der Waals surface area contributed by atoms with Crippen LogP contribution in [0.15, 0.2) is 65.6 Å². The summed E-state index contributed by atoms with van der Waals surface area (Å²) in [6.45, 7) is 5.14. The van der Waals surface area contributed by atoms with Gasteiger partial charge in [-0.05, 0) is 24.3 Å². The van der Waals surface area contributed by atoms with Crippen LogP contribution in [-0.4, -0.2) is 64.6 Å². The molecule has 1 aliphatic heterocycles. The van der Waals surface area contributed by atoms with Crippen LogP contribution in [0.5, 0.6) is 5.75 Å². The summed E-state index contributed by atoms with van der Waals surface area (Å²) in [7, 11) is 0. The van der Waals surface area contributed by atoms with Crippen LogP contribution in [0.3, 0.4) is 0 Å². The number of para-hydroxylation sites is 1. The molecule has 0 unspecified atom stereocenters. The standard InChI is InChI=1S/C21H24N4O3/c26-21(20-7-6-19(28-20)16-24-9-8-22-17-24)25-12-10-23(11-13-25)14-15-27-18-4-2-1-3-5-18/h1-9,17H,10-16H2. The quantitative estimate of drug-likeness (QED) is 0.630. The highest BCUT2D eigenvalue weighted by molar-refractivity contribution is 5.91. The third-order valence-corrected chi connectivity index (χ3v) is 4.85. The topological polar surface area (TPSA) is 63.7 Å². The maximum Gasteiger partial charge on any atom is 0.289 e. The number of hydrogen-bond acceptors (Lipinski definition) is 5. The average Bonchev–Trinajstić information content (AvgIpc) is 3.41. The van der Waals surface area contributed by atoms with Crippen molar-refractivity contribution in [3.63, 3.8) is 0 Å². The van der Waals surface area contributed by atoms with Crippen LogP contribution < -0.4 is 4.74 Å².